The molecular formula is C17H11F3N4O2. The van der Waals surface area contributed by atoms with E-state index in [1.165, 1.54) is 18.5 Å². The number of hydrogen-bond acceptors (Lipinski definition) is 4. The van der Waals surface area contributed by atoms with Crippen molar-refractivity contribution in [2.45, 2.75) is 0 Å². The van der Waals surface area contributed by atoms with Crippen molar-refractivity contribution < 1.29 is 18.0 Å². The summed E-state index contributed by atoms with van der Waals surface area (Å²) in [6.45, 7) is 0. The minimum absolute atomic E-state index is 0.0957. The van der Waals surface area contributed by atoms with Crippen molar-refractivity contribution >= 4 is 17.3 Å². The van der Waals surface area contributed by atoms with Crippen LogP contribution in [0.15, 0.2) is 47.5 Å². The van der Waals surface area contributed by atoms with Gasteiger partial charge in [-0.3, -0.25) is 9.59 Å². The highest BCUT2D eigenvalue weighted by atomic mass is 19.1. The molecule has 0 aliphatic rings. The number of H-pyrrole nitrogens is 1. The normalized spacial score (nSPS) is 10.6. The first-order valence-corrected chi connectivity index (χ1v) is 7.27. The van der Waals surface area contributed by atoms with Gasteiger partial charge in [-0.05, 0) is 12.1 Å². The molecule has 2 aromatic heterocycles. The van der Waals surface area contributed by atoms with Crippen molar-refractivity contribution in [2.75, 3.05) is 11.1 Å². The van der Waals surface area contributed by atoms with Gasteiger partial charge in [-0.1, -0.05) is 6.07 Å². The van der Waals surface area contributed by atoms with Crippen LogP contribution < -0.4 is 16.5 Å². The van der Waals surface area contributed by atoms with Crippen LogP contribution in [-0.4, -0.2) is 15.9 Å². The Balaban J connectivity index is 2.08. The Kier molecular flexibility index (Phi) is 4.44. The van der Waals surface area contributed by atoms with Gasteiger partial charge in [0, 0.05) is 24.5 Å². The van der Waals surface area contributed by atoms with E-state index in [0.717, 1.165) is 24.3 Å². The van der Waals surface area contributed by atoms with Gasteiger partial charge >= 0.3 is 0 Å². The zero-order valence-corrected chi connectivity index (χ0v) is 13.0. The second-order valence-electron chi connectivity index (χ2n) is 5.23. The number of carbonyl (C=O) groups is 1. The summed E-state index contributed by atoms with van der Waals surface area (Å²) in [6, 6.07) is 4.88. The summed E-state index contributed by atoms with van der Waals surface area (Å²) in [5.74, 6) is -4.13. The van der Waals surface area contributed by atoms with Crippen molar-refractivity contribution in [2.24, 2.45) is 0 Å². The number of aromatic amines is 1. The van der Waals surface area contributed by atoms with Crippen LogP contribution in [0.4, 0.5) is 24.5 Å². The number of rotatable bonds is 3. The molecule has 0 bridgehead atoms. The summed E-state index contributed by atoms with van der Waals surface area (Å²) in [5, 5.41) is 2.26. The molecule has 0 saturated heterocycles. The summed E-state index contributed by atoms with van der Waals surface area (Å²) in [5.41, 5.74) is 2.75. The maximum Gasteiger partial charge on any atom is 0.276 e. The number of amides is 1. The number of benzene rings is 1. The average Bonchev–Trinajstić information content (AvgIpc) is 2.58. The number of pyridine rings is 2. The monoisotopic (exact) mass is 360 g/mol. The van der Waals surface area contributed by atoms with Crippen LogP contribution in [0, 0.1) is 17.5 Å². The second kappa shape index (κ2) is 6.71. The molecule has 132 valence electrons. The van der Waals surface area contributed by atoms with Gasteiger partial charge in [-0.15, -0.1) is 0 Å². The minimum atomic E-state index is -1.10. The van der Waals surface area contributed by atoms with Gasteiger partial charge < -0.3 is 16.0 Å². The molecule has 0 unspecified atom stereocenters. The van der Waals surface area contributed by atoms with Crippen LogP contribution in [0.5, 0.6) is 0 Å². The predicted octanol–water partition coefficient (Wildman–Crippen LogP) is 2.69. The summed E-state index contributed by atoms with van der Waals surface area (Å²) in [4.78, 5) is 30.3. The SMILES string of the molecule is Nc1cc(F)c(-c2c(F)cccc2F)nc1C(=O)Nc1c[nH]ccc1=O. The van der Waals surface area contributed by atoms with Crippen LogP contribution in [0.3, 0.4) is 0 Å². The molecule has 1 amide bonds. The molecule has 0 aliphatic heterocycles. The highest BCUT2D eigenvalue weighted by Crippen LogP contribution is 2.29. The fraction of sp³-hybridized carbons (Fsp3) is 0. The van der Waals surface area contributed by atoms with Gasteiger partial charge in [0.15, 0.2) is 11.5 Å². The standard InChI is InChI=1S/C17H11F3N4O2/c18-8-2-1-3-9(19)14(8)15-10(20)6-11(21)16(24-15)17(26)23-12-7-22-5-4-13(12)25/h1-7H,21H2,(H,22,25)(H,23,26). The van der Waals surface area contributed by atoms with Crippen LogP contribution in [0.2, 0.25) is 0 Å². The van der Waals surface area contributed by atoms with E-state index < -0.39 is 45.7 Å². The summed E-state index contributed by atoms with van der Waals surface area (Å²) >= 11 is 0. The third-order valence-electron chi connectivity index (χ3n) is 3.49. The Labute approximate surface area is 144 Å². The van der Waals surface area contributed by atoms with Gasteiger partial charge in [-0.25, -0.2) is 18.2 Å². The van der Waals surface area contributed by atoms with Crippen LogP contribution in [0.25, 0.3) is 11.3 Å². The molecule has 2 heterocycles. The number of aromatic nitrogens is 2. The van der Waals surface area contributed by atoms with E-state index in [9.17, 15) is 22.8 Å². The second-order valence-corrected chi connectivity index (χ2v) is 5.23. The van der Waals surface area contributed by atoms with Crippen LogP contribution in [-0.2, 0) is 0 Å². The Hall–Kier alpha value is -3.62. The van der Waals surface area contributed by atoms with Crippen molar-refractivity contribution in [3.05, 3.63) is 76.1 Å². The Morgan fingerprint density at radius 1 is 1.12 bits per heavy atom. The molecule has 0 fully saturated rings. The quantitative estimate of drug-likeness (QED) is 0.668. The lowest BCUT2D eigenvalue weighted by molar-refractivity contribution is 0.102. The first kappa shape index (κ1) is 17.2. The predicted molar refractivity (Wildman–Crippen MR) is 89.0 cm³/mol. The Bertz CT molecular complexity index is 1050. The highest BCUT2D eigenvalue weighted by molar-refractivity contribution is 6.06. The largest absolute Gasteiger partial charge is 0.397 e. The molecule has 9 heteroatoms. The lowest BCUT2D eigenvalue weighted by Gasteiger charge is -2.11. The molecule has 0 aliphatic carbocycles. The molecule has 26 heavy (non-hydrogen) atoms. The molecular weight excluding hydrogens is 349 g/mol. The number of nitrogen functional groups attached to an aromatic ring is 1. The van der Waals surface area contributed by atoms with Crippen molar-refractivity contribution in [3.8, 4) is 11.3 Å². The fourth-order valence-corrected chi connectivity index (χ4v) is 2.28. The zero-order chi connectivity index (χ0) is 18.8. The van der Waals surface area contributed by atoms with E-state index in [4.69, 9.17) is 5.73 Å². The first-order chi connectivity index (χ1) is 12.4. The molecule has 0 spiro atoms. The maximum absolute atomic E-state index is 14.2. The molecule has 4 N–H and O–H groups in total. The van der Waals surface area contributed by atoms with Gasteiger partial charge in [-0.2, -0.15) is 0 Å². The smallest absolute Gasteiger partial charge is 0.276 e. The third kappa shape index (κ3) is 3.14. The molecule has 3 rings (SSSR count). The first-order valence-electron chi connectivity index (χ1n) is 7.27. The molecule has 6 nitrogen and oxygen atoms in total. The number of nitrogens with one attached hydrogen (secondary N) is 2. The molecule has 0 atom stereocenters. The molecule has 0 saturated carbocycles. The maximum atomic E-state index is 14.2. The number of nitrogens with zero attached hydrogens (tertiary/aromatic N) is 1. The summed E-state index contributed by atoms with van der Waals surface area (Å²) in [7, 11) is 0. The minimum Gasteiger partial charge on any atom is -0.397 e. The number of hydrogen-bond donors (Lipinski definition) is 3. The van der Waals surface area contributed by atoms with Gasteiger partial charge in [0.1, 0.15) is 23.0 Å². The zero-order valence-electron chi connectivity index (χ0n) is 13.0. The summed E-state index contributed by atoms with van der Waals surface area (Å²) in [6.07, 6.45) is 2.60. The number of anilines is 2. The molecule has 0 radical (unpaired) electrons. The third-order valence-corrected chi connectivity index (χ3v) is 3.49. The fourth-order valence-electron chi connectivity index (χ4n) is 2.28. The lowest BCUT2D eigenvalue weighted by Crippen LogP contribution is -2.21. The number of nitrogens with two attached hydrogens (primary N) is 1. The number of carbonyl (C=O) groups excluding carboxylic acids is 1. The molecule has 3 aromatic rings. The van der Waals surface area contributed by atoms with Crippen LogP contribution >= 0.6 is 0 Å². The Morgan fingerprint density at radius 3 is 2.46 bits per heavy atom. The van der Waals surface area contributed by atoms with Gasteiger partial charge in [0.05, 0.1) is 11.3 Å². The van der Waals surface area contributed by atoms with Crippen LogP contribution in [0.1, 0.15) is 10.5 Å². The topological polar surface area (TPSA) is 101 Å². The highest BCUT2D eigenvalue weighted by Gasteiger charge is 2.22. The van der Waals surface area contributed by atoms with E-state index in [0.29, 0.717) is 0 Å². The van der Waals surface area contributed by atoms with Gasteiger partial charge in [0.2, 0.25) is 5.43 Å². The van der Waals surface area contributed by atoms with E-state index in [1.807, 2.05) is 0 Å². The summed E-state index contributed by atoms with van der Waals surface area (Å²) < 4.78 is 42.0. The van der Waals surface area contributed by atoms with Gasteiger partial charge in [0.25, 0.3) is 5.91 Å². The van der Waals surface area contributed by atoms with Crippen molar-refractivity contribution in [3.63, 3.8) is 0 Å². The van der Waals surface area contributed by atoms with E-state index >= 15 is 0 Å². The average molecular weight is 360 g/mol. The van der Waals surface area contributed by atoms with E-state index in [-0.39, 0.29) is 11.4 Å². The van der Waals surface area contributed by atoms with Crippen molar-refractivity contribution in [1.29, 1.82) is 0 Å². The molecule has 1 aromatic carbocycles. The van der Waals surface area contributed by atoms with Crippen molar-refractivity contribution in [1.82, 2.24) is 9.97 Å². The van der Waals surface area contributed by atoms with E-state index in [2.05, 4.69) is 15.3 Å². The Morgan fingerprint density at radius 2 is 1.81 bits per heavy atom. The lowest BCUT2D eigenvalue weighted by atomic mass is 10.1. The number of halogens is 3. The van der Waals surface area contributed by atoms with E-state index in [1.54, 1.807) is 0 Å².